The van der Waals surface area contributed by atoms with E-state index in [1.54, 1.807) is 41.8 Å². The minimum Gasteiger partial charge on any atom is -0.462 e. The molecule has 0 bridgehead atoms. The van der Waals surface area contributed by atoms with Gasteiger partial charge in [-0.3, -0.25) is 9.71 Å². The van der Waals surface area contributed by atoms with Crippen LogP contribution in [0.2, 0.25) is 0 Å². The zero-order chi connectivity index (χ0) is 25.2. The Balaban J connectivity index is 1.43. The Labute approximate surface area is 205 Å². The molecule has 1 fully saturated rings. The van der Waals surface area contributed by atoms with Crippen molar-refractivity contribution in [2.75, 3.05) is 11.3 Å². The van der Waals surface area contributed by atoms with Crippen molar-refractivity contribution in [1.29, 1.82) is 0 Å². The zero-order valence-corrected chi connectivity index (χ0v) is 19.8. The highest BCUT2D eigenvalue weighted by Crippen LogP contribution is 2.30. The van der Waals surface area contributed by atoms with E-state index in [2.05, 4.69) is 21.4 Å². The minimum atomic E-state index is -3.83. The Morgan fingerprint density at radius 2 is 1.74 bits per heavy atom. The second-order valence-electron chi connectivity index (χ2n) is 7.63. The fourth-order valence-corrected chi connectivity index (χ4v) is 5.33. The van der Waals surface area contributed by atoms with Crippen molar-refractivity contribution in [3.05, 3.63) is 53.9 Å². The molecule has 0 amide bonds. The van der Waals surface area contributed by atoms with Gasteiger partial charge >= 0.3 is 0 Å². The van der Waals surface area contributed by atoms with Crippen molar-refractivity contribution in [1.82, 2.24) is 4.98 Å². The summed E-state index contributed by atoms with van der Waals surface area (Å²) < 4.78 is 38.6. The molecule has 0 unspecified atom stereocenters. The molecule has 0 aliphatic carbocycles. The molecule has 1 saturated heterocycles. The van der Waals surface area contributed by atoms with Crippen LogP contribution in [0.3, 0.4) is 0 Å². The van der Waals surface area contributed by atoms with E-state index in [-0.39, 0.29) is 10.0 Å². The van der Waals surface area contributed by atoms with Gasteiger partial charge in [0.1, 0.15) is 30.2 Å². The molecule has 1 aromatic heterocycles. The normalized spacial score (nSPS) is 24.6. The van der Waals surface area contributed by atoms with E-state index in [0.717, 1.165) is 11.3 Å². The molecule has 5 N–H and O–H groups in total. The summed E-state index contributed by atoms with van der Waals surface area (Å²) in [6, 6.07) is 12.4. The summed E-state index contributed by atoms with van der Waals surface area (Å²) in [5.74, 6) is 0.298. The highest BCUT2D eigenvalue weighted by atomic mass is 32.2. The van der Waals surface area contributed by atoms with E-state index >= 15 is 0 Å². The predicted molar refractivity (Wildman–Crippen MR) is 128 cm³/mol. The first-order valence-electron chi connectivity index (χ1n) is 10.3. The average Bonchev–Trinajstić information content (AvgIpc) is 3.32. The standard InChI is InChI=1S/C22H23N3O8S2/c1-23-13-4-8-15(9-5-13)35(30,31)25-22-24-16(11-34-22)12-2-6-14(7-3-12)32-21-20(29)19(28)18(27)17(10-26)33-21/h2-9,11,17-21,26-29H,1,10H2,(H,24,25)/t17-,18-,19+,20-,21-/m1/s1. The lowest BCUT2D eigenvalue weighted by atomic mass is 9.99. The summed E-state index contributed by atoms with van der Waals surface area (Å²) >= 11 is 1.12. The highest BCUT2D eigenvalue weighted by Gasteiger charge is 2.44. The second kappa shape index (κ2) is 10.4. The van der Waals surface area contributed by atoms with Gasteiger partial charge in [-0.2, -0.15) is 0 Å². The van der Waals surface area contributed by atoms with Crippen molar-refractivity contribution in [2.24, 2.45) is 4.99 Å². The van der Waals surface area contributed by atoms with Crippen molar-refractivity contribution in [3.8, 4) is 17.0 Å². The molecule has 1 aliphatic heterocycles. The molecular weight excluding hydrogens is 498 g/mol. The number of hydrogen-bond donors (Lipinski definition) is 5. The number of sulfonamides is 1. The highest BCUT2D eigenvalue weighted by molar-refractivity contribution is 7.93. The number of aliphatic imine (C=N–C) groups is 1. The summed E-state index contributed by atoms with van der Waals surface area (Å²) in [5, 5.41) is 41.0. The van der Waals surface area contributed by atoms with E-state index in [1.165, 1.54) is 12.1 Å². The summed E-state index contributed by atoms with van der Waals surface area (Å²) in [6.45, 7) is 2.84. The maximum Gasteiger partial charge on any atom is 0.263 e. The van der Waals surface area contributed by atoms with Crippen LogP contribution in [0.5, 0.6) is 5.75 Å². The van der Waals surface area contributed by atoms with Gasteiger partial charge in [-0.15, -0.1) is 11.3 Å². The maximum atomic E-state index is 12.6. The fraction of sp³-hybridized carbons (Fsp3) is 0.273. The second-order valence-corrected chi connectivity index (χ2v) is 10.2. The van der Waals surface area contributed by atoms with Crippen LogP contribution in [0.25, 0.3) is 11.3 Å². The van der Waals surface area contributed by atoms with Crippen LogP contribution in [0.15, 0.2) is 63.8 Å². The predicted octanol–water partition coefficient (Wildman–Crippen LogP) is 1.12. The molecule has 186 valence electrons. The molecule has 5 atom stereocenters. The lowest BCUT2D eigenvalue weighted by Gasteiger charge is -2.39. The molecule has 0 saturated carbocycles. The van der Waals surface area contributed by atoms with Gasteiger partial charge in [0, 0.05) is 10.9 Å². The van der Waals surface area contributed by atoms with Crippen LogP contribution in [-0.2, 0) is 14.8 Å². The first-order valence-corrected chi connectivity index (χ1v) is 12.7. The van der Waals surface area contributed by atoms with Gasteiger partial charge in [0.05, 0.1) is 22.9 Å². The number of thiazole rings is 1. The van der Waals surface area contributed by atoms with Crippen molar-refractivity contribution >= 4 is 38.9 Å². The molecule has 13 heteroatoms. The van der Waals surface area contributed by atoms with E-state index in [4.69, 9.17) is 9.47 Å². The van der Waals surface area contributed by atoms with Crippen molar-refractivity contribution in [3.63, 3.8) is 0 Å². The summed E-state index contributed by atoms with van der Waals surface area (Å²) in [4.78, 5) is 8.13. The summed E-state index contributed by atoms with van der Waals surface area (Å²) in [5.41, 5.74) is 1.76. The molecule has 4 rings (SSSR count). The van der Waals surface area contributed by atoms with E-state index < -0.39 is 47.3 Å². The van der Waals surface area contributed by atoms with Crippen molar-refractivity contribution in [2.45, 2.75) is 35.6 Å². The van der Waals surface area contributed by atoms with Gasteiger partial charge in [-0.1, -0.05) is 0 Å². The van der Waals surface area contributed by atoms with Crippen LogP contribution >= 0.6 is 11.3 Å². The Hall–Kier alpha value is -2.91. The average molecular weight is 522 g/mol. The largest absolute Gasteiger partial charge is 0.462 e. The number of ether oxygens (including phenoxy) is 2. The number of nitrogens with zero attached hydrogens (tertiary/aromatic N) is 2. The first-order chi connectivity index (χ1) is 16.7. The van der Waals surface area contributed by atoms with E-state index in [9.17, 15) is 28.8 Å². The van der Waals surface area contributed by atoms with Crippen LogP contribution in [0.4, 0.5) is 10.8 Å². The topological polar surface area (TPSA) is 171 Å². The smallest absolute Gasteiger partial charge is 0.263 e. The van der Waals surface area contributed by atoms with Crippen LogP contribution in [0, 0.1) is 0 Å². The third-order valence-corrected chi connectivity index (χ3v) is 7.55. The lowest BCUT2D eigenvalue weighted by molar-refractivity contribution is -0.277. The van der Waals surface area contributed by atoms with Crippen LogP contribution in [0.1, 0.15) is 0 Å². The molecular formula is C22H23N3O8S2. The van der Waals surface area contributed by atoms with Gasteiger partial charge in [-0.05, 0) is 55.2 Å². The molecule has 2 aromatic carbocycles. The Morgan fingerprint density at radius 3 is 2.37 bits per heavy atom. The molecule has 3 aromatic rings. The zero-order valence-electron chi connectivity index (χ0n) is 18.1. The number of rotatable bonds is 8. The molecule has 0 radical (unpaired) electrons. The number of aliphatic hydroxyl groups is 4. The van der Waals surface area contributed by atoms with Crippen LogP contribution in [-0.4, -0.2) is 77.9 Å². The van der Waals surface area contributed by atoms with Crippen molar-refractivity contribution < 1.29 is 38.3 Å². The molecule has 0 spiro atoms. The Morgan fingerprint density at radius 1 is 1.06 bits per heavy atom. The SMILES string of the molecule is C=Nc1ccc(S(=O)(=O)Nc2nc(-c3ccc(O[C@@H]4O[C@H](CO)[C@@H](O)[C@H](O)[C@H]4O)cc3)cs2)cc1. The lowest BCUT2D eigenvalue weighted by Crippen LogP contribution is -2.60. The third-order valence-electron chi connectivity index (χ3n) is 5.31. The summed E-state index contributed by atoms with van der Waals surface area (Å²) in [7, 11) is -3.83. The van der Waals surface area contributed by atoms with Gasteiger partial charge in [0.25, 0.3) is 10.0 Å². The van der Waals surface area contributed by atoms with Gasteiger partial charge < -0.3 is 29.9 Å². The number of aromatic nitrogens is 1. The molecule has 2 heterocycles. The minimum absolute atomic E-state index is 0.0661. The third kappa shape index (κ3) is 5.51. The number of aliphatic hydroxyl groups excluding tert-OH is 4. The number of anilines is 1. The van der Waals surface area contributed by atoms with E-state index in [1.807, 2.05) is 0 Å². The number of hydrogen-bond acceptors (Lipinski definition) is 11. The van der Waals surface area contributed by atoms with Crippen LogP contribution < -0.4 is 9.46 Å². The fourth-order valence-electron chi connectivity index (χ4n) is 3.36. The first kappa shape index (κ1) is 25.2. The maximum absolute atomic E-state index is 12.6. The molecule has 35 heavy (non-hydrogen) atoms. The quantitative estimate of drug-likeness (QED) is 0.273. The van der Waals surface area contributed by atoms with Gasteiger partial charge in [0.2, 0.25) is 6.29 Å². The molecule has 1 aliphatic rings. The van der Waals surface area contributed by atoms with E-state index in [0.29, 0.717) is 22.7 Å². The van der Waals surface area contributed by atoms with Gasteiger partial charge in [-0.25, -0.2) is 13.4 Å². The number of nitrogens with one attached hydrogen (secondary N) is 1. The Bertz CT molecular complexity index is 1260. The number of benzene rings is 2. The summed E-state index contributed by atoms with van der Waals surface area (Å²) in [6.07, 6.45) is -6.92. The molecule has 11 nitrogen and oxygen atoms in total. The Kier molecular flexibility index (Phi) is 7.47. The van der Waals surface area contributed by atoms with Gasteiger partial charge in [0.15, 0.2) is 5.13 Å². The monoisotopic (exact) mass is 521 g/mol.